The van der Waals surface area contributed by atoms with Gasteiger partial charge >= 0.3 is 12.2 Å². The Labute approximate surface area is 174 Å². The Bertz CT molecular complexity index is 1100. The van der Waals surface area contributed by atoms with Crippen molar-refractivity contribution < 1.29 is 18.0 Å². The smallest absolute Gasteiger partial charge is 0.382 e. The highest BCUT2D eigenvalue weighted by molar-refractivity contribution is 6.30. The van der Waals surface area contributed by atoms with Gasteiger partial charge in [0, 0.05) is 10.6 Å². The van der Waals surface area contributed by atoms with Crippen LogP contribution >= 0.6 is 11.6 Å². The Balaban J connectivity index is 2.06. The van der Waals surface area contributed by atoms with Crippen LogP contribution in [0.15, 0.2) is 48.5 Å². The number of benzene rings is 2. The first kappa shape index (κ1) is 21.1. The summed E-state index contributed by atoms with van der Waals surface area (Å²) in [5, 5.41) is 9.91. The minimum Gasteiger partial charge on any atom is -0.382 e. The molecule has 154 valence electrons. The van der Waals surface area contributed by atoms with Gasteiger partial charge in [-0.15, -0.1) is 6.42 Å². The number of hydrogen-bond donors (Lipinski definition) is 3. The predicted molar refractivity (Wildman–Crippen MR) is 109 cm³/mol. The van der Waals surface area contributed by atoms with Gasteiger partial charge in [0.1, 0.15) is 11.4 Å². The fourth-order valence-corrected chi connectivity index (χ4v) is 2.77. The lowest BCUT2D eigenvalue weighted by Crippen LogP contribution is -2.29. The molecule has 30 heavy (non-hydrogen) atoms. The molecule has 0 fully saturated rings. The third kappa shape index (κ3) is 4.50. The summed E-state index contributed by atoms with van der Waals surface area (Å²) >= 11 is 5.92. The van der Waals surface area contributed by atoms with Gasteiger partial charge in [0.2, 0.25) is 0 Å². The summed E-state index contributed by atoms with van der Waals surface area (Å²) in [6.45, 7) is -0.00490. The van der Waals surface area contributed by atoms with Crippen LogP contribution in [0, 0.1) is 12.3 Å². The molecule has 0 saturated heterocycles. The van der Waals surface area contributed by atoms with Crippen molar-refractivity contribution in [2.75, 3.05) is 17.6 Å². The molecule has 0 bridgehead atoms. The molecule has 0 saturated carbocycles. The van der Waals surface area contributed by atoms with Crippen molar-refractivity contribution in [2.45, 2.75) is 6.18 Å². The zero-order valence-corrected chi connectivity index (χ0v) is 16.1. The molecule has 1 aromatic heterocycles. The van der Waals surface area contributed by atoms with Gasteiger partial charge in [-0.1, -0.05) is 29.7 Å². The number of halogens is 4. The summed E-state index contributed by atoms with van der Waals surface area (Å²) in [6.07, 6.45) is 0.664. The van der Waals surface area contributed by atoms with Crippen molar-refractivity contribution in [1.82, 2.24) is 15.1 Å². The summed E-state index contributed by atoms with van der Waals surface area (Å²) in [5.74, 6) is 2.29. The summed E-state index contributed by atoms with van der Waals surface area (Å²) in [4.78, 5) is 12.1. The topological polar surface area (TPSA) is 85.0 Å². The van der Waals surface area contributed by atoms with Crippen molar-refractivity contribution in [1.29, 1.82) is 0 Å². The maximum Gasteiger partial charge on any atom is 0.416 e. The number of urea groups is 1. The molecule has 0 unspecified atom stereocenters. The number of nitrogen functional groups attached to an aromatic ring is 1. The fourth-order valence-electron chi connectivity index (χ4n) is 2.64. The Kier molecular flexibility index (Phi) is 5.89. The second kappa shape index (κ2) is 8.39. The van der Waals surface area contributed by atoms with Crippen LogP contribution in [-0.2, 0) is 6.18 Å². The monoisotopic (exact) mass is 433 g/mol. The molecule has 0 radical (unpaired) electrons. The van der Waals surface area contributed by atoms with Gasteiger partial charge in [-0.05, 0) is 36.4 Å². The number of carbonyl (C=O) groups is 1. The molecule has 10 heteroatoms. The number of terminal acetylenes is 1. The van der Waals surface area contributed by atoms with Crippen LogP contribution in [0.4, 0.5) is 29.5 Å². The second-order valence-electron chi connectivity index (χ2n) is 6.08. The van der Waals surface area contributed by atoms with Crippen LogP contribution < -0.4 is 16.4 Å². The SMILES string of the molecule is C#CCNC(=O)Nc1c(-c2ccc(Cl)cc2)nn(-c2ccc(C(F)(F)F)cc2)c1N. The van der Waals surface area contributed by atoms with E-state index in [9.17, 15) is 18.0 Å². The summed E-state index contributed by atoms with van der Waals surface area (Å²) in [6, 6.07) is 10.3. The summed E-state index contributed by atoms with van der Waals surface area (Å²) in [7, 11) is 0. The van der Waals surface area contributed by atoms with Gasteiger partial charge in [0.25, 0.3) is 0 Å². The highest BCUT2D eigenvalue weighted by atomic mass is 35.5. The molecule has 3 rings (SSSR count). The molecular weight excluding hydrogens is 419 g/mol. The molecule has 0 aliphatic carbocycles. The van der Waals surface area contributed by atoms with E-state index in [0.717, 1.165) is 12.1 Å². The molecular formula is C20H15ClF3N5O. The first-order chi connectivity index (χ1) is 14.2. The average Bonchev–Trinajstić information content (AvgIpc) is 3.03. The van der Waals surface area contributed by atoms with Crippen molar-refractivity contribution in [3.05, 3.63) is 59.1 Å². The number of anilines is 2. The molecule has 0 atom stereocenters. The number of hydrogen-bond acceptors (Lipinski definition) is 3. The number of amides is 2. The zero-order valence-electron chi connectivity index (χ0n) is 15.3. The van der Waals surface area contributed by atoms with Crippen LogP contribution in [0.5, 0.6) is 0 Å². The largest absolute Gasteiger partial charge is 0.416 e. The van der Waals surface area contributed by atoms with E-state index in [4.69, 9.17) is 23.8 Å². The van der Waals surface area contributed by atoms with Crippen molar-refractivity contribution in [3.8, 4) is 29.3 Å². The van der Waals surface area contributed by atoms with Gasteiger partial charge < -0.3 is 16.4 Å². The number of nitrogens with one attached hydrogen (secondary N) is 2. The summed E-state index contributed by atoms with van der Waals surface area (Å²) in [5.41, 5.74) is 6.72. The maximum atomic E-state index is 12.8. The van der Waals surface area contributed by atoms with Gasteiger partial charge in [-0.3, -0.25) is 0 Å². The lowest BCUT2D eigenvalue weighted by molar-refractivity contribution is -0.137. The number of alkyl halides is 3. The highest BCUT2D eigenvalue weighted by Crippen LogP contribution is 2.35. The van der Waals surface area contributed by atoms with Crippen molar-refractivity contribution in [3.63, 3.8) is 0 Å². The maximum absolute atomic E-state index is 12.8. The lowest BCUT2D eigenvalue weighted by Gasteiger charge is -2.09. The van der Waals surface area contributed by atoms with E-state index >= 15 is 0 Å². The Morgan fingerprint density at radius 1 is 1.17 bits per heavy atom. The normalized spacial score (nSPS) is 11.0. The minimum absolute atomic E-state index is 0.00490. The Hall–Kier alpha value is -3.64. The number of nitrogens with two attached hydrogens (primary N) is 1. The van der Waals surface area contributed by atoms with E-state index in [1.807, 2.05) is 0 Å². The van der Waals surface area contributed by atoms with E-state index in [1.54, 1.807) is 24.3 Å². The first-order valence-electron chi connectivity index (χ1n) is 8.51. The van der Waals surface area contributed by atoms with Crippen LogP contribution in [0.25, 0.3) is 16.9 Å². The van der Waals surface area contributed by atoms with E-state index in [0.29, 0.717) is 16.3 Å². The minimum atomic E-state index is -4.47. The second-order valence-corrected chi connectivity index (χ2v) is 6.52. The predicted octanol–water partition coefficient (Wildman–Crippen LogP) is 4.55. The van der Waals surface area contributed by atoms with E-state index < -0.39 is 17.8 Å². The quantitative estimate of drug-likeness (QED) is 0.528. The van der Waals surface area contributed by atoms with Gasteiger partial charge in [-0.2, -0.15) is 18.3 Å². The molecule has 0 aliphatic rings. The third-order valence-electron chi connectivity index (χ3n) is 4.07. The molecule has 6 nitrogen and oxygen atoms in total. The van der Waals surface area contributed by atoms with Crippen LogP contribution in [0.2, 0.25) is 5.02 Å². The Morgan fingerprint density at radius 3 is 2.37 bits per heavy atom. The number of nitrogens with zero attached hydrogens (tertiary/aromatic N) is 2. The number of carbonyl (C=O) groups excluding carboxylic acids is 1. The van der Waals surface area contributed by atoms with E-state index in [-0.39, 0.29) is 23.7 Å². The van der Waals surface area contributed by atoms with Crippen LogP contribution in [0.1, 0.15) is 5.56 Å². The molecule has 2 aromatic carbocycles. The van der Waals surface area contributed by atoms with E-state index in [1.165, 1.54) is 16.8 Å². The zero-order chi connectivity index (χ0) is 21.9. The average molecular weight is 434 g/mol. The molecule has 3 aromatic rings. The number of rotatable bonds is 4. The first-order valence-corrected chi connectivity index (χ1v) is 8.89. The lowest BCUT2D eigenvalue weighted by atomic mass is 10.1. The number of aromatic nitrogens is 2. The Morgan fingerprint density at radius 2 is 1.80 bits per heavy atom. The van der Waals surface area contributed by atoms with Crippen LogP contribution in [0.3, 0.4) is 0 Å². The third-order valence-corrected chi connectivity index (χ3v) is 4.32. The molecule has 1 heterocycles. The molecule has 0 spiro atoms. The standard InChI is InChI=1S/C20H15ClF3N5O/c1-2-11-26-19(30)27-17-16(12-3-7-14(21)8-4-12)28-29(18(17)25)15-9-5-13(6-10-15)20(22,23)24/h1,3-10H,11,25H2,(H2,26,27,30). The van der Waals surface area contributed by atoms with Gasteiger partial charge in [-0.25, -0.2) is 9.48 Å². The van der Waals surface area contributed by atoms with Gasteiger partial charge in [0.15, 0.2) is 5.82 Å². The van der Waals surface area contributed by atoms with Crippen LogP contribution in [-0.4, -0.2) is 22.4 Å². The van der Waals surface area contributed by atoms with Gasteiger partial charge in [0.05, 0.1) is 17.8 Å². The van der Waals surface area contributed by atoms with Crippen molar-refractivity contribution >= 4 is 29.1 Å². The highest BCUT2D eigenvalue weighted by Gasteiger charge is 2.30. The molecule has 0 aliphatic heterocycles. The molecule has 2 amide bonds. The summed E-state index contributed by atoms with van der Waals surface area (Å²) < 4.78 is 39.8. The fraction of sp³-hybridized carbons (Fsp3) is 0.100. The van der Waals surface area contributed by atoms with E-state index in [2.05, 4.69) is 21.7 Å². The molecule has 4 N–H and O–H groups in total. The van der Waals surface area contributed by atoms with Crippen molar-refractivity contribution in [2.24, 2.45) is 0 Å².